The van der Waals surface area contributed by atoms with Crippen molar-refractivity contribution in [2.75, 3.05) is 13.7 Å². The molecule has 2 N–H and O–H groups in total. The molecule has 5 nitrogen and oxygen atoms in total. The Bertz CT molecular complexity index is 1210. The van der Waals surface area contributed by atoms with Crippen LogP contribution in [-0.2, 0) is 0 Å². The summed E-state index contributed by atoms with van der Waals surface area (Å²) in [6.07, 6.45) is 2.00. The molecule has 0 saturated carbocycles. The predicted octanol–water partition coefficient (Wildman–Crippen LogP) is 6.01. The molecule has 3 aromatic rings. The van der Waals surface area contributed by atoms with Crippen molar-refractivity contribution in [1.29, 1.82) is 5.26 Å². The van der Waals surface area contributed by atoms with E-state index in [1.807, 2.05) is 48.5 Å². The number of nitrogens with zero attached hydrogens (tertiary/aromatic N) is 1. The Morgan fingerprint density at radius 1 is 1.19 bits per heavy atom. The van der Waals surface area contributed by atoms with Crippen LogP contribution in [0.1, 0.15) is 36.8 Å². The van der Waals surface area contributed by atoms with Crippen LogP contribution in [0.15, 0.2) is 64.5 Å². The zero-order valence-corrected chi connectivity index (χ0v) is 19.0. The first-order valence-corrected chi connectivity index (χ1v) is 11.0. The second-order valence-corrected chi connectivity index (χ2v) is 8.22. The van der Waals surface area contributed by atoms with Gasteiger partial charge in [-0.05, 0) is 45.4 Å². The lowest BCUT2D eigenvalue weighted by molar-refractivity contribution is 0.286. The molecule has 3 aromatic carbocycles. The van der Waals surface area contributed by atoms with Crippen molar-refractivity contribution < 1.29 is 14.2 Å². The van der Waals surface area contributed by atoms with Gasteiger partial charge in [-0.3, -0.25) is 0 Å². The van der Waals surface area contributed by atoms with E-state index in [9.17, 15) is 5.26 Å². The van der Waals surface area contributed by atoms with E-state index in [-0.39, 0.29) is 11.8 Å². The minimum Gasteiger partial charge on any atom is -0.493 e. The molecule has 0 bridgehead atoms. The summed E-state index contributed by atoms with van der Waals surface area (Å²) in [5.41, 5.74) is 8.34. The number of ether oxygens (including phenoxy) is 3. The van der Waals surface area contributed by atoms with Gasteiger partial charge in [0.05, 0.1) is 24.1 Å². The molecular formula is C25H23BrN2O3. The molecule has 0 saturated heterocycles. The van der Waals surface area contributed by atoms with E-state index in [2.05, 4.69) is 28.9 Å². The number of methoxy groups -OCH3 is 1. The minimum atomic E-state index is -0.381. The van der Waals surface area contributed by atoms with Gasteiger partial charge in [0.25, 0.3) is 0 Å². The Morgan fingerprint density at radius 3 is 2.74 bits per heavy atom. The van der Waals surface area contributed by atoms with Crippen LogP contribution in [-0.4, -0.2) is 13.7 Å². The van der Waals surface area contributed by atoms with E-state index < -0.39 is 0 Å². The van der Waals surface area contributed by atoms with Gasteiger partial charge in [-0.25, -0.2) is 0 Å². The van der Waals surface area contributed by atoms with Gasteiger partial charge in [-0.15, -0.1) is 0 Å². The topological polar surface area (TPSA) is 77.5 Å². The van der Waals surface area contributed by atoms with Crippen LogP contribution < -0.4 is 19.9 Å². The van der Waals surface area contributed by atoms with E-state index in [4.69, 9.17) is 19.9 Å². The molecule has 1 aliphatic heterocycles. The predicted molar refractivity (Wildman–Crippen MR) is 124 cm³/mol. The average molecular weight is 479 g/mol. The molecule has 31 heavy (non-hydrogen) atoms. The maximum absolute atomic E-state index is 9.89. The van der Waals surface area contributed by atoms with Gasteiger partial charge < -0.3 is 19.9 Å². The Morgan fingerprint density at radius 2 is 2.00 bits per heavy atom. The lowest BCUT2D eigenvalue weighted by Gasteiger charge is -2.28. The molecular weight excluding hydrogens is 456 g/mol. The van der Waals surface area contributed by atoms with Crippen LogP contribution in [0.4, 0.5) is 0 Å². The second-order valence-electron chi connectivity index (χ2n) is 7.37. The Labute approximate surface area is 190 Å². The van der Waals surface area contributed by atoms with E-state index in [0.29, 0.717) is 29.4 Å². The third-order valence-corrected chi connectivity index (χ3v) is 6.03. The minimum absolute atomic E-state index is 0.120. The number of fused-ring (bicyclic) bond motifs is 3. The van der Waals surface area contributed by atoms with E-state index in [1.165, 1.54) is 0 Å². The molecule has 0 fully saturated rings. The number of unbranched alkanes of at least 4 members (excludes halogenated alkanes) is 1. The standard InChI is InChI=1S/C25H23BrN2O3/c1-3-4-11-30-24-20(26)12-16(13-21(24)29-2)22-18-10-9-15-7-5-6-8-17(15)23(18)31-25(28)19(22)14-27/h5-10,12-13,22H,3-4,11,28H2,1-2H3. The summed E-state index contributed by atoms with van der Waals surface area (Å²) in [5.74, 6) is 1.67. The fourth-order valence-corrected chi connectivity index (χ4v) is 4.47. The summed E-state index contributed by atoms with van der Waals surface area (Å²) < 4.78 is 18.3. The maximum atomic E-state index is 9.89. The van der Waals surface area contributed by atoms with Crippen molar-refractivity contribution in [2.24, 2.45) is 5.73 Å². The van der Waals surface area contributed by atoms with Crippen LogP contribution in [0.25, 0.3) is 10.8 Å². The molecule has 1 aliphatic rings. The van der Waals surface area contributed by atoms with Gasteiger partial charge in [0.15, 0.2) is 11.5 Å². The van der Waals surface area contributed by atoms with E-state index in [1.54, 1.807) is 7.11 Å². The van der Waals surface area contributed by atoms with Crippen LogP contribution in [0.3, 0.4) is 0 Å². The fourth-order valence-electron chi connectivity index (χ4n) is 3.89. The first kappa shape index (κ1) is 21.1. The molecule has 0 aliphatic carbocycles. The molecule has 1 atom stereocenters. The van der Waals surface area contributed by atoms with Crippen LogP contribution in [0.5, 0.6) is 17.2 Å². The Balaban J connectivity index is 1.88. The number of rotatable bonds is 6. The fraction of sp³-hybridized carbons (Fsp3) is 0.240. The highest BCUT2D eigenvalue weighted by atomic mass is 79.9. The number of hydrogen-bond donors (Lipinski definition) is 1. The molecule has 0 aromatic heterocycles. The highest BCUT2D eigenvalue weighted by molar-refractivity contribution is 9.10. The normalized spacial score (nSPS) is 15.2. The van der Waals surface area contributed by atoms with Crippen LogP contribution in [0.2, 0.25) is 0 Å². The summed E-state index contributed by atoms with van der Waals surface area (Å²) in [5, 5.41) is 11.9. The first-order valence-electron chi connectivity index (χ1n) is 10.2. The summed E-state index contributed by atoms with van der Waals surface area (Å²) in [6.45, 7) is 2.72. The lowest BCUT2D eigenvalue weighted by Crippen LogP contribution is -2.21. The van der Waals surface area contributed by atoms with Crippen molar-refractivity contribution in [1.82, 2.24) is 0 Å². The molecule has 0 amide bonds. The van der Waals surface area contributed by atoms with Crippen molar-refractivity contribution in [3.05, 3.63) is 75.6 Å². The number of nitrogens with two attached hydrogens (primary N) is 1. The van der Waals surface area contributed by atoms with Crippen molar-refractivity contribution in [3.8, 4) is 23.3 Å². The average Bonchev–Trinajstić information content (AvgIpc) is 2.79. The highest BCUT2D eigenvalue weighted by Gasteiger charge is 2.32. The summed E-state index contributed by atoms with van der Waals surface area (Å²) in [6, 6.07) is 18.1. The van der Waals surface area contributed by atoms with Gasteiger partial charge in [0.1, 0.15) is 17.4 Å². The lowest BCUT2D eigenvalue weighted by atomic mass is 9.82. The van der Waals surface area contributed by atoms with Gasteiger partial charge in [-0.2, -0.15) is 5.26 Å². The number of nitriles is 1. The number of hydrogen-bond acceptors (Lipinski definition) is 5. The molecule has 158 valence electrons. The van der Waals surface area contributed by atoms with Crippen molar-refractivity contribution in [2.45, 2.75) is 25.7 Å². The first-order chi connectivity index (χ1) is 15.1. The molecule has 1 heterocycles. The zero-order chi connectivity index (χ0) is 22.0. The second kappa shape index (κ2) is 8.91. The van der Waals surface area contributed by atoms with E-state index in [0.717, 1.165) is 39.2 Å². The van der Waals surface area contributed by atoms with Gasteiger partial charge in [-0.1, -0.05) is 49.7 Å². The Hall–Kier alpha value is -3.17. The molecule has 6 heteroatoms. The maximum Gasteiger partial charge on any atom is 0.205 e. The van der Waals surface area contributed by atoms with E-state index >= 15 is 0 Å². The van der Waals surface area contributed by atoms with Crippen molar-refractivity contribution in [3.63, 3.8) is 0 Å². The molecule has 4 rings (SSSR count). The summed E-state index contributed by atoms with van der Waals surface area (Å²) in [4.78, 5) is 0. The van der Waals surface area contributed by atoms with Gasteiger partial charge in [0, 0.05) is 10.9 Å². The SMILES string of the molecule is CCCCOc1c(Br)cc(C2C(C#N)=C(N)Oc3c2ccc2ccccc32)cc1OC. The largest absolute Gasteiger partial charge is 0.493 e. The monoisotopic (exact) mass is 478 g/mol. The third kappa shape index (κ3) is 3.82. The van der Waals surface area contributed by atoms with Gasteiger partial charge >= 0.3 is 0 Å². The summed E-state index contributed by atoms with van der Waals surface area (Å²) in [7, 11) is 1.61. The zero-order valence-electron chi connectivity index (χ0n) is 17.4. The van der Waals surface area contributed by atoms with Gasteiger partial charge in [0.2, 0.25) is 5.88 Å². The smallest absolute Gasteiger partial charge is 0.205 e. The van der Waals surface area contributed by atoms with Crippen molar-refractivity contribution >= 4 is 26.7 Å². The molecule has 1 unspecified atom stereocenters. The number of benzene rings is 3. The summed E-state index contributed by atoms with van der Waals surface area (Å²) >= 11 is 3.63. The third-order valence-electron chi connectivity index (χ3n) is 5.44. The Kier molecular flexibility index (Phi) is 6.06. The van der Waals surface area contributed by atoms with Crippen LogP contribution >= 0.6 is 15.9 Å². The molecule has 0 radical (unpaired) electrons. The molecule has 0 spiro atoms. The number of halogens is 1. The van der Waals surface area contributed by atoms with Crippen LogP contribution in [0, 0.1) is 11.3 Å². The number of allylic oxidation sites excluding steroid dienone is 1. The highest BCUT2D eigenvalue weighted by Crippen LogP contribution is 2.48. The quantitative estimate of drug-likeness (QED) is 0.439.